The van der Waals surface area contributed by atoms with Crippen molar-refractivity contribution in [2.24, 2.45) is 0 Å². The predicted molar refractivity (Wildman–Crippen MR) is 70.1 cm³/mol. The highest BCUT2D eigenvalue weighted by molar-refractivity contribution is 5.94. The number of nitrogens with one attached hydrogen (secondary N) is 1. The van der Waals surface area contributed by atoms with E-state index in [4.69, 9.17) is 0 Å². The van der Waals surface area contributed by atoms with E-state index in [1.807, 2.05) is 30.3 Å². The summed E-state index contributed by atoms with van der Waals surface area (Å²) in [5.41, 5.74) is 1.18. The van der Waals surface area contributed by atoms with E-state index < -0.39 is 11.9 Å². The van der Waals surface area contributed by atoms with Crippen LogP contribution in [0, 0.1) is 5.82 Å². The van der Waals surface area contributed by atoms with Crippen molar-refractivity contribution in [3.63, 3.8) is 0 Å². The topological polar surface area (TPSA) is 49.3 Å². The Kier molecular flexibility index (Phi) is 4.26. The zero-order valence-electron chi connectivity index (χ0n) is 10.2. The van der Waals surface area contributed by atoms with Crippen molar-refractivity contribution < 1.29 is 14.3 Å². The van der Waals surface area contributed by atoms with Gasteiger partial charge in [0.1, 0.15) is 5.82 Å². The quantitative estimate of drug-likeness (QED) is 0.885. The van der Waals surface area contributed by atoms with Crippen molar-refractivity contribution in [2.75, 3.05) is 6.61 Å². The van der Waals surface area contributed by atoms with Crippen LogP contribution < -0.4 is 5.32 Å². The molecule has 1 unspecified atom stereocenters. The van der Waals surface area contributed by atoms with Gasteiger partial charge in [-0.1, -0.05) is 30.3 Å². The molecule has 2 rings (SSSR count). The molecule has 0 heterocycles. The van der Waals surface area contributed by atoms with Gasteiger partial charge in [0.15, 0.2) is 0 Å². The molecule has 0 spiro atoms. The fourth-order valence-corrected chi connectivity index (χ4v) is 1.76. The molecule has 1 amide bonds. The molecule has 0 saturated carbocycles. The molecule has 19 heavy (non-hydrogen) atoms. The molecule has 4 heteroatoms. The monoisotopic (exact) mass is 259 g/mol. The van der Waals surface area contributed by atoms with E-state index in [0.717, 1.165) is 5.56 Å². The van der Waals surface area contributed by atoms with Crippen LogP contribution in [0.4, 0.5) is 4.39 Å². The second-order valence-electron chi connectivity index (χ2n) is 4.13. The molecule has 2 N–H and O–H groups in total. The lowest BCUT2D eigenvalue weighted by atomic mass is 10.1. The number of halogens is 1. The summed E-state index contributed by atoms with van der Waals surface area (Å²) in [6.45, 7) is -0.197. The number of benzene rings is 2. The molecule has 3 nitrogen and oxygen atoms in total. The average Bonchev–Trinajstić information content (AvgIpc) is 2.46. The Morgan fingerprint density at radius 3 is 2.32 bits per heavy atom. The summed E-state index contributed by atoms with van der Waals surface area (Å²) in [4.78, 5) is 12.0. The highest BCUT2D eigenvalue weighted by atomic mass is 19.1. The zero-order chi connectivity index (χ0) is 13.7. The van der Waals surface area contributed by atoms with Crippen LogP contribution in [0.2, 0.25) is 0 Å². The first-order chi connectivity index (χ1) is 9.20. The molecule has 2 aromatic rings. The van der Waals surface area contributed by atoms with E-state index >= 15 is 0 Å². The van der Waals surface area contributed by atoms with Gasteiger partial charge in [-0.05, 0) is 29.8 Å². The predicted octanol–water partition coefficient (Wildman–Crippen LogP) is 2.29. The minimum atomic E-state index is -0.473. The van der Waals surface area contributed by atoms with Crippen LogP contribution in [0.25, 0.3) is 0 Å². The fourth-order valence-electron chi connectivity index (χ4n) is 1.76. The second-order valence-corrected chi connectivity index (χ2v) is 4.13. The molecule has 1 atom stereocenters. The van der Waals surface area contributed by atoms with Gasteiger partial charge < -0.3 is 10.4 Å². The minimum Gasteiger partial charge on any atom is -0.394 e. The second kappa shape index (κ2) is 6.11. The van der Waals surface area contributed by atoms with Crippen LogP contribution in [0.5, 0.6) is 0 Å². The fraction of sp³-hybridized carbons (Fsp3) is 0.133. The van der Waals surface area contributed by atoms with Gasteiger partial charge in [-0.15, -0.1) is 0 Å². The van der Waals surface area contributed by atoms with Gasteiger partial charge >= 0.3 is 0 Å². The van der Waals surface area contributed by atoms with Crippen LogP contribution >= 0.6 is 0 Å². The van der Waals surface area contributed by atoms with Crippen LogP contribution in [-0.2, 0) is 0 Å². The Balaban J connectivity index is 2.10. The summed E-state index contributed by atoms with van der Waals surface area (Å²) in [6.07, 6.45) is 0. The average molecular weight is 259 g/mol. The van der Waals surface area contributed by atoms with Crippen molar-refractivity contribution in [1.29, 1.82) is 0 Å². The maximum atomic E-state index is 12.8. The molecule has 0 aliphatic rings. The van der Waals surface area contributed by atoms with E-state index in [1.165, 1.54) is 24.3 Å². The first-order valence-electron chi connectivity index (χ1n) is 5.93. The molecule has 98 valence electrons. The highest BCUT2D eigenvalue weighted by Crippen LogP contribution is 2.13. The normalized spacial score (nSPS) is 11.9. The molecule has 0 radical (unpaired) electrons. The minimum absolute atomic E-state index is 0.197. The lowest BCUT2D eigenvalue weighted by Gasteiger charge is -2.16. The Bertz CT molecular complexity index is 540. The summed E-state index contributed by atoms with van der Waals surface area (Å²) in [5.74, 6) is -0.735. The van der Waals surface area contributed by atoms with Crippen LogP contribution in [-0.4, -0.2) is 17.6 Å². The number of amides is 1. The maximum Gasteiger partial charge on any atom is 0.251 e. The Hall–Kier alpha value is -2.20. The van der Waals surface area contributed by atoms with Gasteiger partial charge in [0.05, 0.1) is 12.6 Å². The Morgan fingerprint density at radius 1 is 1.11 bits per heavy atom. The number of hydrogen-bond donors (Lipinski definition) is 2. The van der Waals surface area contributed by atoms with Crippen molar-refractivity contribution in [1.82, 2.24) is 5.32 Å². The van der Waals surface area contributed by atoms with Gasteiger partial charge in [0, 0.05) is 5.56 Å². The van der Waals surface area contributed by atoms with E-state index in [1.54, 1.807) is 0 Å². The van der Waals surface area contributed by atoms with Gasteiger partial charge in [-0.25, -0.2) is 4.39 Å². The summed E-state index contributed by atoms with van der Waals surface area (Å²) in [6, 6.07) is 14.0. The molecular weight excluding hydrogens is 245 g/mol. The van der Waals surface area contributed by atoms with Gasteiger partial charge in [-0.2, -0.15) is 0 Å². The molecule has 0 aliphatic heterocycles. The largest absolute Gasteiger partial charge is 0.394 e. The zero-order valence-corrected chi connectivity index (χ0v) is 10.2. The van der Waals surface area contributed by atoms with E-state index in [2.05, 4.69) is 5.32 Å². The van der Waals surface area contributed by atoms with Crippen LogP contribution in [0.15, 0.2) is 54.6 Å². The number of hydrogen-bond acceptors (Lipinski definition) is 2. The molecule has 0 fully saturated rings. The van der Waals surface area contributed by atoms with Crippen LogP contribution in [0.1, 0.15) is 22.0 Å². The standard InChI is InChI=1S/C15H14FNO2/c16-13-8-6-12(7-9-13)15(19)17-14(10-18)11-4-2-1-3-5-11/h1-9,14,18H,10H2,(H,17,19). The molecular formula is C15H14FNO2. The molecule has 0 bridgehead atoms. The van der Waals surface area contributed by atoms with Crippen molar-refractivity contribution in [3.05, 3.63) is 71.5 Å². The highest BCUT2D eigenvalue weighted by Gasteiger charge is 2.14. The number of rotatable bonds is 4. The van der Waals surface area contributed by atoms with Crippen LogP contribution in [0.3, 0.4) is 0 Å². The first-order valence-corrected chi connectivity index (χ1v) is 5.93. The maximum absolute atomic E-state index is 12.8. The summed E-state index contributed by atoms with van der Waals surface area (Å²) >= 11 is 0. The Labute approximate surface area is 110 Å². The number of carbonyl (C=O) groups is 1. The SMILES string of the molecule is O=C(NC(CO)c1ccccc1)c1ccc(F)cc1. The lowest BCUT2D eigenvalue weighted by Crippen LogP contribution is -2.30. The Morgan fingerprint density at radius 2 is 1.74 bits per heavy atom. The van der Waals surface area contributed by atoms with Gasteiger partial charge in [0.25, 0.3) is 5.91 Å². The number of aliphatic hydroxyl groups excluding tert-OH is 1. The van der Waals surface area contributed by atoms with E-state index in [0.29, 0.717) is 5.56 Å². The van der Waals surface area contributed by atoms with Crippen molar-refractivity contribution in [2.45, 2.75) is 6.04 Å². The third-order valence-corrected chi connectivity index (χ3v) is 2.80. The van der Waals surface area contributed by atoms with Gasteiger partial charge in [-0.3, -0.25) is 4.79 Å². The molecule has 0 saturated heterocycles. The number of carbonyl (C=O) groups excluding carboxylic acids is 1. The first kappa shape index (κ1) is 13.2. The van der Waals surface area contributed by atoms with E-state index in [-0.39, 0.29) is 12.5 Å². The van der Waals surface area contributed by atoms with E-state index in [9.17, 15) is 14.3 Å². The third kappa shape index (κ3) is 3.39. The molecule has 2 aromatic carbocycles. The smallest absolute Gasteiger partial charge is 0.251 e. The summed E-state index contributed by atoms with van der Waals surface area (Å²) in [7, 11) is 0. The number of aliphatic hydroxyl groups is 1. The molecule has 0 aromatic heterocycles. The van der Waals surface area contributed by atoms with Crippen molar-refractivity contribution >= 4 is 5.91 Å². The van der Waals surface area contributed by atoms with Gasteiger partial charge in [0.2, 0.25) is 0 Å². The lowest BCUT2D eigenvalue weighted by molar-refractivity contribution is 0.0916. The molecule has 0 aliphatic carbocycles. The van der Waals surface area contributed by atoms with Crippen molar-refractivity contribution in [3.8, 4) is 0 Å². The summed E-state index contributed by atoms with van der Waals surface area (Å²) in [5, 5.41) is 12.1. The summed E-state index contributed by atoms with van der Waals surface area (Å²) < 4.78 is 12.8. The third-order valence-electron chi connectivity index (χ3n) is 2.80.